The van der Waals surface area contributed by atoms with Gasteiger partial charge in [0, 0.05) is 22.9 Å². The molecular weight excluding hydrogens is 329 g/mol. The van der Waals surface area contributed by atoms with Gasteiger partial charge >= 0.3 is 0 Å². The molecule has 0 aliphatic rings. The summed E-state index contributed by atoms with van der Waals surface area (Å²) in [6, 6.07) is 8.74. The van der Waals surface area contributed by atoms with E-state index in [1.54, 1.807) is 0 Å². The second-order valence-corrected chi connectivity index (χ2v) is 4.92. The van der Waals surface area contributed by atoms with Crippen molar-refractivity contribution in [3.63, 3.8) is 0 Å². The second-order valence-electron chi connectivity index (χ2n) is 3.89. The van der Waals surface area contributed by atoms with Crippen molar-refractivity contribution in [1.29, 1.82) is 0 Å². The van der Waals surface area contributed by atoms with E-state index in [1.165, 1.54) is 16.1 Å². The average Bonchev–Trinajstić information content (AvgIpc) is 2.69. The van der Waals surface area contributed by atoms with E-state index >= 15 is 0 Å². The molecule has 0 saturated heterocycles. The second kappa shape index (κ2) is 6.35. The zero-order valence-electron chi connectivity index (χ0n) is 9.61. The van der Waals surface area contributed by atoms with E-state index in [1.807, 2.05) is 11.3 Å². The minimum Gasteiger partial charge on any atom is -1.00 e. The van der Waals surface area contributed by atoms with Crippen LogP contribution in [0.1, 0.15) is 16.1 Å². The van der Waals surface area contributed by atoms with Crippen LogP contribution in [0.2, 0.25) is 0 Å². The van der Waals surface area contributed by atoms with E-state index in [0.717, 1.165) is 12.8 Å². The zero-order chi connectivity index (χ0) is 10.7. The topological polar surface area (TPSA) is 3.88 Å². The molecule has 16 heavy (non-hydrogen) atoms. The standard InChI is InChI=1S/C13H16NS.HI/c1-11-5-6-12(14(2)10-11)7-8-13-4-3-9-15-13;/h3-6,9-10H,7-8H2,1-2H3;1H/q+1;/p-1. The van der Waals surface area contributed by atoms with E-state index in [4.69, 9.17) is 0 Å². The molecule has 0 saturated carbocycles. The van der Waals surface area contributed by atoms with Gasteiger partial charge in [0.2, 0.25) is 0 Å². The fourth-order valence-electron chi connectivity index (χ4n) is 1.74. The van der Waals surface area contributed by atoms with Crippen molar-refractivity contribution in [2.24, 2.45) is 7.05 Å². The van der Waals surface area contributed by atoms with Crippen molar-refractivity contribution in [3.8, 4) is 0 Å². The predicted octanol–water partition coefficient (Wildman–Crippen LogP) is -0.330. The maximum absolute atomic E-state index is 2.23. The number of thiophene rings is 1. The van der Waals surface area contributed by atoms with Crippen molar-refractivity contribution in [3.05, 3.63) is 52.0 Å². The van der Waals surface area contributed by atoms with Crippen molar-refractivity contribution in [2.75, 3.05) is 0 Å². The lowest BCUT2D eigenvalue weighted by molar-refractivity contribution is -0.679. The summed E-state index contributed by atoms with van der Waals surface area (Å²) in [5.41, 5.74) is 2.71. The molecule has 0 aliphatic carbocycles. The molecule has 2 rings (SSSR count). The van der Waals surface area contributed by atoms with Gasteiger partial charge in [-0.1, -0.05) is 6.07 Å². The summed E-state index contributed by atoms with van der Waals surface area (Å²) < 4.78 is 2.23. The summed E-state index contributed by atoms with van der Waals surface area (Å²) in [4.78, 5) is 1.47. The molecule has 0 N–H and O–H groups in total. The Bertz CT molecular complexity index is 437. The van der Waals surface area contributed by atoms with E-state index in [0.29, 0.717) is 0 Å². The first-order valence-electron chi connectivity index (χ1n) is 5.23. The number of rotatable bonds is 3. The summed E-state index contributed by atoms with van der Waals surface area (Å²) >= 11 is 1.84. The van der Waals surface area contributed by atoms with Crippen LogP contribution in [0, 0.1) is 6.92 Å². The fourth-order valence-corrected chi connectivity index (χ4v) is 2.45. The van der Waals surface area contributed by atoms with Gasteiger partial charge in [0.1, 0.15) is 7.05 Å². The van der Waals surface area contributed by atoms with Gasteiger partial charge in [0.15, 0.2) is 11.9 Å². The van der Waals surface area contributed by atoms with Gasteiger partial charge in [-0.3, -0.25) is 0 Å². The molecule has 86 valence electrons. The van der Waals surface area contributed by atoms with Gasteiger partial charge in [-0.2, -0.15) is 0 Å². The first kappa shape index (κ1) is 13.6. The molecule has 0 bridgehead atoms. The van der Waals surface area contributed by atoms with Crippen LogP contribution in [0.3, 0.4) is 0 Å². The molecule has 0 aromatic carbocycles. The summed E-state index contributed by atoms with van der Waals surface area (Å²) in [6.07, 6.45) is 4.45. The van der Waals surface area contributed by atoms with Crippen LogP contribution in [-0.2, 0) is 19.9 Å². The Morgan fingerprint density at radius 3 is 2.62 bits per heavy atom. The van der Waals surface area contributed by atoms with Crippen molar-refractivity contribution in [1.82, 2.24) is 0 Å². The number of halogens is 1. The SMILES string of the molecule is Cc1ccc(CCc2cccs2)[n+](C)c1.[I-]. The van der Waals surface area contributed by atoms with Gasteiger partial charge in [-0.05, 0) is 30.9 Å². The third-order valence-corrected chi connectivity index (χ3v) is 3.53. The highest BCUT2D eigenvalue weighted by Gasteiger charge is 2.06. The molecule has 0 spiro atoms. The Balaban J connectivity index is 0.00000128. The lowest BCUT2D eigenvalue weighted by atomic mass is 10.1. The van der Waals surface area contributed by atoms with Crippen LogP contribution in [0.5, 0.6) is 0 Å². The number of hydrogen-bond donors (Lipinski definition) is 0. The first-order valence-corrected chi connectivity index (χ1v) is 6.11. The normalized spacial score (nSPS) is 9.88. The molecule has 3 heteroatoms. The van der Waals surface area contributed by atoms with Crippen LogP contribution in [0.4, 0.5) is 0 Å². The Hall–Kier alpha value is -0.420. The van der Waals surface area contributed by atoms with Crippen molar-refractivity contribution >= 4 is 11.3 Å². The highest BCUT2D eigenvalue weighted by Crippen LogP contribution is 2.11. The maximum atomic E-state index is 2.23. The summed E-state index contributed by atoms with van der Waals surface area (Å²) in [5.74, 6) is 0. The number of hydrogen-bond acceptors (Lipinski definition) is 1. The largest absolute Gasteiger partial charge is 1.00 e. The van der Waals surface area contributed by atoms with Gasteiger partial charge in [0.05, 0.1) is 0 Å². The third kappa shape index (κ3) is 3.56. The highest BCUT2D eigenvalue weighted by molar-refractivity contribution is 7.09. The maximum Gasteiger partial charge on any atom is 0.181 e. The fraction of sp³-hybridized carbons (Fsp3) is 0.308. The van der Waals surface area contributed by atoms with E-state index in [9.17, 15) is 0 Å². The van der Waals surface area contributed by atoms with Crippen LogP contribution in [0.25, 0.3) is 0 Å². The molecule has 2 aromatic heterocycles. The quantitative estimate of drug-likeness (QED) is 0.530. The Labute approximate surface area is 118 Å². The first-order chi connectivity index (χ1) is 7.25. The average molecular weight is 345 g/mol. The zero-order valence-corrected chi connectivity index (χ0v) is 12.6. The van der Waals surface area contributed by atoms with Crippen LogP contribution in [-0.4, -0.2) is 0 Å². The molecule has 0 unspecified atom stereocenters. The predicted molar refractivity (Wildman–Crippen MR) is 64.1 cm³/mol. The third-order valence-electron chi connectivity index (χ3n) is 2.60. The minimum atomic E-state index is 0. The van der Waals surface area contributed by atoms with Crippen LogP contribution >= 0.6 is 11.3 Å². The number of nitrogens with zero attached hydrogens (tertiary/aromatic N) is 1. The van der Waals surface area contributed by atoms with Gasteiger partial charge in [0.25, 0.3) is 0 Å². The molecular formula is C13H16INS. The van der Waals surface area contributed by atoms with E-state index in [-0.39, 0.29) is 24.0 Å². The molecule has 0 amide bonds. The van der Waals surface area contributed by atoms with Gasteiger partial charge in [-0.15, -0.1) is 11.3 Å². The number of aromatic nitrogens is 1. The summed E-state index contributed by atoms with van der Waals surface area (Å²) in [6.45, 7) is 2.13. The molecule has 0 aliphatic heterocycles. The monoisotopic (exact) mass is 345 g/mol. The highest BCUT2D eigenvalue weighted by atomic mass is 127. The minimum absolute atomic E-state index is 0. The Morgan fingerprint density at radius 1 is 1.19 bits per heavy atom. The van der Waals surface area contributed by atoms with Gasteiger partial charge in [-0.25, -0.2) is 4.57 Å². The van der Waals surface area contributed by atoms with Crippen molar-refractivity contribution in [2.45, 2.75) is 19.8 Å². The number of pyridine rings is 1. The smallest absolute Gasteiger partial charge is 0.181 e. The van der Waals surface area contributed by atoms with Crippen LogP contribution < -0.4 is 28.5 Å². The molecule has 0 radical (unpaired) electrons. The van der Waals surface area contributed by atoms with E-state index in [2.05, 4.69) is 54.4 Å². The molecule has 2 heterocycles. The summed E-state index contributed by atoms with van der Waals surface area (Å²) in [7, 11) is 2.12. The molecule has 0 atom stereocenters. The summed E-state index contributed by atoms with van der Waals surface area (Å²) in [5, 5.41) is 2.14. The Morgan fingerprint density at radius 2 is 2.00 bits per heavy atom. The molecule has 0 fully saturated rings. The van der Waals surface area contributed by atoms with Crippen molar-refractivity contribution < 1.29 is 28.5 Å². The lowest BCUT2D eigenvalue weighted by Gasteiger charge is -1.99. The molecule has 2 aromatic rings. The van der Waals surface area contributed by atoms with Crippen LogP contribution in [0.15, 0.2) is 35.8 Å². The van der Waals surface area contributed by atoms with Gasteiger partial charge < -0.3 is 24.0 Å². The number of aryl methyl sites for hydroxylation is 4. The Kier molecular flexibility index (Phi) is 5.41. The van der Waals surface area contributed by atoms with E-state index < -0.39 is 0 Å². The molecule has 1 nitrogen and oxygen atoms in total. The lowest BCUT2D eigenvalue weighted by Crippen LogP contribution is -3.00.